The van der Waals surface area contributed by atoms with Gasteiger partial charge >= 0.3 is 7.12 Å². The number of rotatable bonds is 2. The molecular weight excluding hydrogens is 252 g/mol. The molecule has 0 unspecified atom stereocenters. The van der Waals surface area contributed by atoms with Crippen LogP contribution in [0.25, 0.3) is 10.2 Å². The molecule has 0 atom stereocenters. The number of benzene rings is 1. The van der Waals surface area contributed by atoms with Crippen LogP contribution in [-0.4, -0.2) is 28.4 Å². The van der Waals surface area contributed by atoms with Crippen molar-refractivity contribution in [3.05, 3.63) is 17.2 Å². The zero-order chi connectivity index (χ0) is 11.0. The van der Waals surface area contributed by atoms with E-state index in [1.807, 2.05) is 6.26 Å². The molecule has 1 aromatic carbocycles. The summed E-state index contributed by atoms with van der Waals surface area (Å²) in [6, 6.07) is 3.30. The summed E-state index contributed by atoms with van der Waals surface area (Å²) < 4.78 is 1.75. The topological polar surface area (TPSA) is 53.4 Å². The van der Waals surface area contributed by atoms with E-state index in [0.29, 0.717) is 16.0 Å². The molecule has 3 nitrogen and oxygen atoms in total. The molecule has 0 saturated carbocycles. The average molecular weight is 260 g/mol. The Morgan fingerprint density at radius 3 is 2.80 bits per heavy atom. The fourth-order valence-electron chi connectivity index (χ4n) is 1.28. The van der Waals surface area contributed by atoms with Gasteiger partial charge in [-0.25, -0.2) is 4.98 Å². The van der Waals surface area contributed by atoms with Crippen molar-refractivity contribution < 1.29 is 10.0 Å². The number of halogens is 1. The quantitative estimate of drug-likeness (QED) is 0.631. The Morgan fingerprint density at radius 2 is 2.20 bits per heavy atom. The summed E-state index contributed by atoms with van der Waals surface area (Å²) in [6.07, 6.45) is 1.92. The average Bonchev–Trinajstić information content (AvgIpc) is 2.58. The maximum Gasteiger partial charge on any atom is 0.490 e. The fraction of sp³-hybridized carbons (Fsp3) is 0.125. The Morgan fingerprint density at radius 1 is 1.47 bits per heavy atom. The number of hydrogen-bond donors (Lipinski definition) is 2. The van der Waals surface area contributed by atoms with Gasteiger partial charge in [-0.05, 0) is 18.4 Å². The van der Waals surface area contributed by atoms with Gasteiger partial charge in [-0.2, -0.15) is 0 Å². The molecule has 0 aliphatic heterocycles. The van der Waals surface area contributed by atoms with Crippen LogP contribution in [0, 0.1) is 0 Å². The van der Waals surface area contributed by atoms with E-state index in [2.05, 4.69) is 4.98 Å². The van der Waals surface area contributed by atoms with Gasteiger partial charge < -0.3 is 10.0 Å². The van der Waals surface area contributed by atoms with E-state index in [1.165, 1.54) is 29.2 Å². The lowest BCUT2D eigenvalue weighted by molar-refractivity contribution is 0.426. The molecule has 2 N–H and O–H groups in total. The Bertz CT molecular complexity index is 503. The Balaban J connectivity index is 2.72. The van der Waals surface area contributed by atoms with Crippen LogP contribution in [0.4, 0.5) is 0 Å². The molecule has 1 aromatic heterocycles. The first-order chi connectivity index (χ1) is 7.11. The zero-order valence-corrected chi connectivity index (χ0v) is 10.2. The molecule has 0 spiro atoms. The molecule has 0 aliphatic carbocycles. The number of nitrogens with zero attached hydrogens (tertiary/aromatic N) is 1. The molecule has 7 heteroatoms. The predicted octanol–water partition coefficient (Wildman–Crippen LogP) is 1.35. The highest BCUT2D eigenvalue weighted by molar-refractivity contribution is 8.00. The van der Waals surface area contributed by atoms with Crippen LogP contribution in [0.1, 0.15) is 0 Å². The standard InChI is InChI=1S/C8H7BClNO2S2/c1-14-8-11-7-5(9(12)13)2-4(10)3-6(7)15-8/h2-3,12-13H,1H3. The lowest BCUT2D eigenvalue weighted by Crippen LogP contribution is -2.30. The molecule has 0 saturated heterocycles. The monoisotopic (exact) mass is 259 g/mol. The first-order valence-electron chi connectivity index (χ1n) is 4.12. The van der Waals surface area contributed by atoms with Gasteiger partial charge in [0.1, 0.15) is 0 Å². The fourth-order valence-corrected chi connectivity index (χ4v) is 3.13. The Kier molecular flexibility index (Phi) is 3.23. The molecular formula is C8H7BClNO2S2. The maximum atomic E-state index is 9.18. The van der Waals surface area contributed by atoms with Crippen molar-refractivity contribution >= 4 is 57.5 Å². The second-order valence-electron chi connectivity index (χ2n) is 2.90. The van der Waals surface area contributed by atoms with Crippen molar-refractivity contribution in [3.63, 3.8) is 0 Å². The van der Waals surface area contributed by atoms with Crippen molar-refractivity contribution in [1.29, 1.82) is 0 Å². The van der Waals surface area contributed by atoms with E-state index in [0.717, 1.165) is 9.04 Å². The van der Waals surface area contributed by atoms with E-state index in [9.17, 15) is 10.0 Å². The normalized spacial score (nSPS) is 10.9. The van der Waals surface area contributed by atoms with Gasteiger partial charge in [-0.3, -0.25) is 0 Å². The van der Waals surface area contributed by atoms with Crippen LogP contribution >= 0.6 is 34.7 Å². The summed E-state index contributed by atoms with van der Waals surface area (Å²) in [6.45, 7) is 0. The smallest absolute Gasteiger partial charge is 0.423 e. The van der Waals surface area contributed by atoms with Crippen LogP contribution in [0.2, 0.25) is 5.02 Å². The number of thiazole rings is 1. The Labute approximate surface area is 100 Å². The highest BCUT2D eigenvalue weighted by Gasteiger charge is 2.18. The zero-order valence-electron chi connectivity index (χ0n) is 7.77. The van der Waals surface area contributed by atoms with Crippen molar-refractivity contribution in [3.8, 4) is 0 Å². The SMILES string of the molecule is CSc1nc2c(B(O)O)cc(Cl)cc2s1. The second kappa shape index (κ2) is 4.31. The van der Waals surface area contributed by atoms with Gasteiger partial charge in [0.15, 0.2) is 4.34 Å². The van der Waals surface area contributed by atoms with E-state index in [-0.39, 0.29) is 0 Å². The minimum absolute atomic E-state index is 0.356. The highest BCUT2D eigenvalue weighted by Crippen LogP contribution is 2.29. The van der Waals surface area contributed by atoms with Gasteiger partial charge in [0.05, 0.1) is 10.2 Å². The summed E-state index contributed by atoms with van der Waals surface area (Å²) in [4.78, 5) is 4.30. The third-order valence-corrected chi connectivity index (χ3v) is 4.13. The molecule has 0 aliphatic rings. The van der Waals surface area contributed by atoms with Crippen LogP contribution in [0.5, 0.6) is 0 Å². The molecule has 2 aromatic rings. The van der Waals surface area contributed by atoms with Crippen LogP contribution in [-0.2, 0) is 0 Å². The van der Waals surface area contributed by atoms with Crippen LogP contribution < -0.4 is 5.46 Å². The lowest BCUT2D eigenvalue weighted by atomic mass is 9.79. The maximum absolute atomic E-state index is 9.18. The van der Waals surface area contributed by atoms with Crippen molar-refractivity contribution in [2.45, 2.75) is 4.34 Å². The van der Waals surface area contributed by atoms with Gasteiger partial charge in [0.2, 0.25) is 0 Å². The van der Waals surface area contributed by atoms with Gasteiger partial charge in [-0.15, -0.1) is 11.3 Å². The number of aromatic nitrogens is 1. The predicted molar refractivity (Wildman–Crippen MR) is 66.2 cm³/mol. The van der Waals surface area contributed by atoms with Crippen molar-refractivity contribution in [2.75, 3.05) is 6.26 Å². The van der Waals surface area contributed by atoms with Crippen LogP contribution in [0.15, 0.2) is 16.5 Å². The van der Waals surface area contributed by atoms with Crippen LogP contribution in [0.3, 0.4) is 0 Å². The summed E-state index contributed by atoms with van der Waals surface area (Å²) >= 11 is 8.88. The summed E-state index contributed by atoms with van der Waals surface area (Å²) in [5.41, 5.74) is 0.970. The van der Waals surface area contributed by atoms with E-state index in [1.54, 1.807) is 6.07 Å². The summed E-state index contributed by atoms with van der Waals surface area (Å²) in [5, 5.41) is 18.9. The number of thioether (sulfide) groups is 1. The van der Waals surface area contributed by atoms with Gasteiger partial charge in [0, 0.05) is 10.5 Å². The minimum atomic E-state index is -1.54. The molecule has 0 amide bonds. The summed E-state index contributed by atoms with van der Waals surface area (Å²) in [5.74, 6) is 0. The Hall–Kier alpha value is -0.265. The molecule has 0 fully saturated rings. The first-order valence-corrected chi connectivity index (χ1v) is 6.54. The first kappa shape index (κ1) is 11.2. The number of fused-ring (bicyclic) bond motifs is 1. The van der Waals surface area contributed by atoms with Gasteiger partial charge in [-0.1, -0.05) is 23.4 Å². The lowest BCUT2D eigenvalue weighted by Gasteiger charge is -2.00. The third-order valence-electron chi connectivity index (χ3n) is 1.92. The molecule has 2 rings (SSSR count). The molecule has 78 valence electrons. The third kappa shape index (κ3) is 2.14. The van der Waals surface area contributed by atoms with Gasteiger partial charge in [0.25, 0.3) is 0 Å². The molecule has 0 radical (unpaired) electrons. The minimum Gasteiger partial charge on any atom is -0.423 e. The highest BCUT2D eigenvalue weighted by atomic mass is 35.5. The molecule has 15 heavy (non-hydrogen) atoms. The second-order valence-corrected chi connectivity index (χ2v) is 5.42. The van der Waals surface area contributed by atoms with Crippen molar-refractivity contribution in [2.24, 2.45) is 0 Å². The largest absolute Gasteiger partial charge is 0.490 e. The van der Waals surface area contributed by atoms with E-state index in [4.69, 9.17) is 11.6 Å². The molecule has 1 heterocycles. The summed E-state index contributed by atoms with van der Waals surface area (Å²) in [7, 11) is -1.54. The van der Waals surface area contributed by atoms with Crippen molar-refractivity contribution in [1.82, 2.24) is 4.98 Å². The van der Waals surface area contributed by atoms with E-state index < -0.39 is 7.12 Å². The molecule has 0 bridgehead atoms. The number of hydrogen-bond acceptors (Lipinski definition) is 5. The van der Waals surface area contributed by atoms with E-state index >= 15 is 0 Å².